The second-order valence-corrected chi connectivity index (χ2v) is 6.09. The van der Waals surface area contributed by atoms with Gasteiger partial charge in [0.05, 0.1) is 6.04 Å². The van der Waals surface area contributed by atoms with E-state index >= 15 is 0 Å². The van der Waals surface area contributed by atoms with E-state index < -0.39 is 0 Å². The molecule has 1 atom stereocenters. The van der Waals surface area contributed by atoms with Gasteiger partial charge >= 0.3 is 0 Å². The van der Waals surface area contributed by atoms with Crippen LogP contribution in [0.3, 0.4) is 0 Å². The molecule has 0 saturated heterocycles. The molecule has 2 heteroatoms. The summed E-state index contributed by atoms with van der Waals surface area (Å²) in [6, 6.07) is 25.8. The molecule has 0 spiro atoms. The van der Waals surface area contributed by atoms with E-state index in [9.17, 15) is 4.79 Å². The zero-order valence-corrected chi connectivity index (χ0v) is 14.0. The molecule has 3 aromatic carbocycles. The Hall–Kier alpha value is -2.87. The predicted molar refractivity (Wildman–Crippen MR) is 98.1 cm³/mol. The number of nitrogens with one attached hydrogen (secondary N) is 1. The first-order chi connectivity index (χ1) is 11.6. The van der Waals surface area contributed by atoms with Gasteiger partial charge in [0.25, 0.3) is 5.91 Å². The third kappa shape index (κ3) is 3.72. The molecule has 0 heterocycles. The molecular formula is C22H21NO. The smallest absolute Gasteiger partial charge is 0.252 e. The van der Waals surface area contributed by atoms with Gasteiger partial charge in [0.1, 0.15) is 0 Å². The summed E-state index contributed by atoms with van der Waals surface area (Å²) in [5, 5.41) is 3.17. The Bertz CT molecular complexity index is 805. The van der Waals surface area contributed by atoms with Gasteiger partial charge in [-0.05, 0) is 37.1 Å². The molecule has 0 aliphatic rings. The maximum absolute atomic E-state index is 12.7. The van der Waals surface area contributed by atoms with E-state index in [2.05, 4.69) is 36.5 Å². The molecule has 120 valence electrons. The predicted octanol–water partition coefficient (Wildman–Crippen LogP) is 4.82. The van der Waals surface area contributed by atoms with E-state index in [0.29, 0.717) is 5.56 Å². The summed E-state index contributed by atoms with van der Waals surface area (Å²) in [7, 11) is 0. The lowest BCUT2D eigenvalue weighted by Gasteiger charge is -2.20. The Balaban J connectivity index is 1.91. The quantitative estimate of drug-likeness (QED) is 0.734. The van der Waals surface area contributed by atoms with Crippen molar-refractivity contribution in [3.05, 3.63) is 107 Å². The first kappa shape index (κ1) is 16.0. The van der Waals surface area contributed by atoms with Crippen molar-refractivity contribution in [1.29, 1.82) is 0 Å². The fourth-order valence-corrected chi connectivity index (χ4v) is 2.68. The van der Waals surface area contributed by atoms with Gasteiger partial charge < -0.3 is 5.32 Å². The summed E-state index contributed by atoms with van der Waals surface area (Å²) >= 11 is 0. The van der Waals surface area contributed by atoms with E-state index in [-0.39, 0.29) is 11.9 Å². The highest BCUT2D eigenvalue weighted by Crippen LogP contribution is 2.23. The molecule has 0 aliphatic heterocycles. The lowest BCUT2D eigenvalue weighted by Crippen LogP contribution is -2.29. The molecule has 0 fully saturated rings. The van der Waals surface area contributed by atoms with E-state index in [1.54, 1.807) is 0 Å². The molecule has 2 nitrogen and oxygen atoms in total. The lowest BCUT2D eigenvalue weighted by atomic mass is 9.97. The second kappa shape index (κ2) is 7.14. The average molecular weight is 315 g/mol. The monoisotopic (exact) mass is 315 g/mol. The summed E-state index contributed by atoms with van der Waals surface area (Å²) in [5.41, 5.74) is 5.17. The van der Waals surface area contributed by atoms with Crippen molar-refractivity contribution in [3.63, 3.8) is 0 Å². The Morgan fingerprint density at radius 1 is 0.708 bits per heavy atom. The number of amides is 1. The summed E-state index contributed by atoms with van der Waals surface area (Å²) in [4.78, 5) is 12.7. The van der Waals surface area contributed by atoms with Crippen molar-refractivity contribution in [3.8, 4) is 0 Å². The van der Waals surface area contributed by atoms with Crippen LogP contribution in [0.1, 0.15) is 38.7 Å². The minimum atomic E-state index is -0.166. The first-order valence-corrected chi connectivity index (χ1v) is 8.12. The number of carbonyl (C=O) groups is 1. The molecule has 24 heavy (non-hydrogen) atoms. The van der Waals surface area contributed by atoms with Crippen molar-refractivity contribution in [2.45, 2.75) is 19.9 Å². The third-order valence-corrected chi connectivity index (χ3v) is 4.13. The van der Waals surface area contributed by atoms with Crippen LogP contribution in [-0.2, 0) is 0 Å². The lowest BCUT2D eigenvalue weighted by molar-refractivity contribution is 0.0943. The minimum absolute atomic E-state index is 0.0653. The largest absolute Gasteiger partial charge is 0.341 e. The molecular weight excluding hydrogens is 294 g/mol. The van der Waals surface area contributed by atoms with Gasteiger partial charge in [-0.2, -0.15) is 0 Å². The van der Waals surface area contributed by atoms with E-state index in [1.165, 1.54) is 5.56 Å². The molecule has 1 amide bonds. The molecule has 1 unspecified atom stereocenters. The molecule has 3 rings (SSSR count). The third-order valence-electron chi connectivity index (χ3n) is 4.13. The van der Waals surface area contributed by atoms with Crippen molar-refractivity contribution >= 4 is 5.91 Å². The van der Waals surface area contributed by atoms with E-state index in [4.69, 9.17) is 0 Å². The van der Waals surface area contributed by atoms with Crippen molar-refractivity contribution < 1.29 is 4.79 Å². The normalized spacial score (nSPS) is 11.8. The van der Waals surface area contributed by atoms with Gasteiger partial charge in [0.15, 0.2) is 0 Å². The summed E-state index contributed by atoms with van der Waals surface area (Å²) in [6.07, 6.45) is 0. The van der Waals surface area contributed by atoms with Crippen molar-refractivity contribution in [2.24, 2.45) is 0 Å². The van der Waals surface area contributed by atoms with Gasteiger partial charge in [-0.3, -0.25) is 4.79 Å². The van der Waals surface area contributed by atoms with Crippen LogP contribution in [0.25, 0.3) is 0 Å². The van der Waals surface area contributed by atoms with Crippen LogP contribution in [0.4, 0.5) is 0 Å². The van der Waals surface area contributed by atoms with Gasteiger partial charge in [0, 0.05) is 5.56 Å². The molecule has 3 aromatic rings. The van der Waals surface area contributed by atoms with E-state index in [1.807, 2.05) is 61.5 Å². The highest BCUT2D eigenvalue weighted by Gasteiger charge is 2.17. The van der Waals surface area contributed by atoms with Crippen LogP contribution in [0.15, 0.2) is 78.9 Å². The molecule has 0 bridgehead atoms. The van der Waals surface area contributed by atoms with Gasteiger partial charge in [0.2, 0.25) is 0 Å². The Kier molecular flexibility index (Phi) is 4.76. The van der Waals surface area contributed by atoms with Crippen LogP contribution >= 0.6 is 0 Å². The number of hydrogen-bond donors (Lipinski definition) is 1. The number of rotatable bonds is 4. The summed E-state index contributed by atoms with van der Waals surface area (Å²) in [6.45, 7) is 4.08. The standard InChI is InChI=1S/C22H21NO/c1-16-8-12-19(13-9-16)21(18-6-4-3-5-7-18)23-22(24)20-14-10-17(2)11-15-20/h3-15,21H,1-2H3,(H,23,24). The number of carbonyl (C=O) groups excluding carboxylic acids is 1. The molecule has 0 aliphatic carbocycles. The fraction of sp³-hybridized carbons (Fsp3) is 0.136. The van der Waals surface area contributed by atoms with Gasteiger partial charge in [-0.25, -0.2) is 0 Å². The number of benzene rings is 3. The van der Waals surface area contributed by atoms with Crippen molar-refractivity contribution in [1.82, 2.24) is 5.32 Å². The van der Waals surface area contributed by atoms with Crippen LogP contribution in [-0.4, -0.2) is 5.91 Å². The topological polar surface area (TPSA) is 29.1 Å². The fourth-order valence-electron chi connectivity index (χ4n) is 2.68. The van der Waals surface area contributed by atoms with Crippen LogP contribution in [0, 0.1) is 13.8 Å². The molecule has 0 radical (unpaired) electrons. The minimum Gasteiger partial charge on any atom is -0.341 e. The maximum Gasteiger partial charge on any atom is 0.252 e. The average Bonchev–Trinajstić information content (AvgIpc) is 2.62. The first-order valence-electron chi connectivity index (χ1n) is 8.12. The Morgan fingerprint density at radius 3 is 1.79 bits per heavy atom. The maximum atomic E-state index is 12.7. The highest BCUT2D eigenvalue weighted by molar-refractivity contribution is 5.94. The van der Waals surface area contributed by atoms with Gasteiger partial charge in [-0.15, -0.1) is 0 Å². The molecule has 1 N–H and O–H groups in total. The SMILES string of the molecule is Cc1ccc(C(=O)NC(c2ccccc2)c2ccc(C)cc2)cc1. The van der Waals surface area contributed by atoms with Gasteiger partial charge in [-0.1, -0.05) is 77.9 Å². The molecule has 0 saturated carbocycles. The number of aryl methyl sites for hydroxylation is 2. The number of hydrogen-bond acceptors (Lipinski definition) is 1. The Labute approximate surface area is 143 Å². The zero-order chi connectivity index (χ0) is 16.9. The van der Waals surface area contributed by atoms with Crippen LogP contribution in [0.2, 0.25) is 0 Å². The van der Waals surface area contributed by atoms with Crippen molar-refractivity contribution in [2.75, 3.05) is 0 Å². The molecule has 0 aromatic heterocycles. The van der Waals surface area contributed by atoms with E-state index in [0.717, 1.165) is 16.7 Å². The highest BCUT2D eigenvalue weighted by atomic mass is 16.1. The summed E-state index contributed by atoms with van der Waals surface area (Å²) in [5.74, 6) is -0.0653. The summed E-state index contributed by atoms with van der Waals surface area (Å²) < 4.78 is 0. The second-order valence-electron chi connectivity index (χ2n) is 6.09. The van der Waals surface area contributed by atoms with Crippen LogP contribution < -0.4 is 5.32 Å². The zero-order valence-electron chi connectivity index (χ0n) is 14.0. The van der Waals surface area contributed by atoms with Crippen LogP contribution in [0.5, 0.6) is 0 Å². The Morgan fingerprint density at radius 2 is 1.21 bits per heavy atom.